The molecular weight excluding hydrogens is 479 g/mol. The summed E-state index contributed by atoms with van der Waals surface area (Å²) in [7, 11) is 0. The lowest BCUT2D eigenvalue weighted by atomic mass is 10.2. The number of aromatic nitrogens is 3. The Labute approximate surface area is 196 Å². The number of amides is 2. The normalized spacial score (nSPS) is 11.3. The zero-order chi connectivity index (χ0) is 24.0. The van der Waals surface area contributed by atoms with Crippen molar-refractivity contribution in [2.45, 2.75) is 31.3 Å². The zero-order valence-corrected chi connectivity index (χ0v) is 18.9. The molecule has 0 aliphatic heterocycles. The minimum absolute atomic E-state index is 0.00508. The van der Waals surface area contributed by atoms with Crippen molar-refractivity contribution < 1.29 is 22.8 Å². The van der Waals surface area contributed by atoms with E-state index >= 15 is 0 Å². The van der Waals surface area contributed by atoms with Crippen LogP contribution >= 0.6 is 23.4 Å². The fourth-order valence-electron chi connectivity index (χ4n) is 2.84. The van der Waals surface area contributed by atoms with Gasteiger partial charge in [0.25, 0.3) is 5.91 Å². The highest BCUT2D eigenvalue weighted by Crippen LogP contribution is 2.34. The lowest BCUT2D eigenvalue weighted by Crippen LogP contribution is -2.24. The first-order chi connectivity index (χ1) is 15.7. The van der Waals surface area contributed by atoms with Crippen LogP contribution in [-0.4, -0.2) is 32.3 Å². The fourth-order valence-corrected chi connectivity index (χ4v) is 3.82. The summed E-state index contributed by atoms with van der Waals surface area (Å²) in [6.07, 6.45) is -4.55. The van der Waals surface area contributed by atoms with Gasteiger partial charge >= 0.3 is 6.18 Å². The van der Waals surface area contributed by atoms with Gasteiger partial charge in [0.05, 0.1) is 28.6 Å². The molecule has 0 spiro atoms. The first kappa shape index (κ1) is 24.6. The number of carbonyl (C=O) groups excluding carboxylic acids is 2. The Morgan fingerprint density at radius 3 is 2.52 bits per heavy atom. The number of nitrogens with one attached hydrogen (secondary N) is 2. The molecule has 0 radical (unpaired) electrons. The Hall–Kier alpha value is -3.05. The van der Waals surface area contributed by atoms with Gasteiger partial charge < -0.3 is 15.2 Å². The average Bonchev–Trinajstić information content (AvgIpc) is 3.19. The van der Waals surface area contributed by atoms with Gasteiger partial charge in [-0.3, -0.25) is 9.59 Å². The topological polar surface area (TPSA) is 88.9 Å². The number of benzene rings is 2. The Balaban J connectivity index is 1.60. The summed E-state index contributed by atoms with van der Waals surface area (Å²) in [4.78, 5) is 24.5. The number of thioether (sulfide) groups is 1. The molecule has 3 rings (SSSR count). The summed E-state index contributed by atoms with van der Waals surface area (Å²) in [5.41, 5.74) is -0.527. The van der Waals surface area contributed by atoms with E-state index < -0.39 is 17.6 Å². The first-order valence-electron chi connectivity index (χ1n) is 9.73. The predicted molar refractivity (Wildman–Crippen MR) is 119 cm³/mol. The summed E-state index contributed by atoms with van der Waals surface area (Å²) in [6.45, 7) is 2.49. The number of hydrogen-bond donors (Lipinski definition) is 2. The Morgan fingerprint density at radius 1 is 1.12 bits per heavy atom. The number of alkyl halides is 3. The van der Waals surface area contributed by atoms with E-state index in [2.05, 4.69) is 20.8 Å². The molecule has 0 bridgehead atoms. The molecule has 2 N–H and O–H groups in total. The molecule has 1 heterocycles. The van der Waals surface area contributed by atoms with E-state index in [1.165, 1.54) is 0 Å². The Bertz CT molecular complexity index is 1140. The van der Waals surface area contributed by atoms with Crippen LogP contribution in [-0.2, 0) is 24.1 Å². The second kappa shape index (κ2) is 10.7. The third-order valence-corrected chi connectivity index (χ3v) is 5.75. The smallest absolute Gasteiger partial charge is 0.345 e. The second-order valence-corrected chi connectivity index (χ2v) is 8.07. The van der Waals surface area contributed by atoms with Crippen LogP contribution in [0.15, 0.2) is 53.7 Å². The van der Waals surface area contributed by atoms with Crippen molar-refractivity contribution in [2.75, 3.05) is 11.1 Å². The van der Waals surface area contributed by atoms with Crippen molar-refractivity contribution >= 4 is 40.9 Å². The molecule has 1 aromatic heterocycles. The minimum atomic E-state index is -4.55. The van der Waals surface area contributed by atoms with Crippen LogP contribution in [0.3, 0.4) is 0 Å². The molecule has 0 aliphatic rings. The van der Waals surface area contributed by atoms with Gasteiger partial charge in [0.2, 0.25) is 5.91 Å². The third kappa shape index (κ3) is 6.48. The number of halogens is 4. The minimum Gasteiger partial charge on any atom is -0.345 e. The van der Waals surface area contributed by atoms with Gasteiger partial charge in [-0.25, -0.2) is 0 Å². The van der Waals surface area contributed by atoms with Crippen molar-refractivity contribution in [1.82, 2.24) is 20.1 Å². The van der Waals surface area contributed by atoms with E-state index in [1.807, 2.05) is 13.0 Å². The van der Waals surface area contributed by atoms with Crippen LogP contribution in [0, 0.1) is 0 Å². The van der Waals surface area contributed by atoms with E-state index in [-0.39, 0.29) is 28.9 Å². The number of rotatable bonds is 8. The van der Waals surface area contributed by atoms with Gasteiger partial charge in [-0.1, -0.05) is 41.6 Å². The lowest BCUT2D eigenvalue weighted by Gasteiger charge is -2.12. The highest BCUT2D eigenvalue weighted by Gasteiger charge is 2.31. The van der Waals surface area contributed by atoms with Gasteiger partial charge in [-0.05, 0) is 37.3 Å². The SMILES string of the molecule is CCn1c(CNC(=O)c2ccccc2)nnc1SCC(=O)Nc1cc(C(F)(F)F)ccc1Cl. The molecular formula is C21H19ClF3N5O2S. The summed E-state index contributed by atoms with van der Waals surface area (Å²) >= 11 is 6.98. The molecule has 3 aromatic rings. The summed E-state index contributed by atoms with van der Waals surface area (Å²) < 4.78 is 40.4. The molecule has 0 saturated carbocycles. The molecule has 0 saturated heterocycles. The van der Waals surface area contributed by atoms with Gasteiger partial charge in [0.15, 0.2) is 11.0 Å². The van der Waals surface area contributed by atoms with E-state index in [0.29, 0.717) is 23.1 Å². The lowest BCUT2D eigenvalue weighted by molar-refractivity contribution is -0.137. The number of nitrogens with zero attached hydrogens (tertiary/aromatic N) is 3. The molecule has 2 amide bonds. The van der Waals surface area contributed by atoms with E-state index in [1.54, 1.807) is 28.8 Å². The van der Waals surface area contributed by atoms with Crippen molar-refractivity contribution in [1.29, 1.82) is 0 Å². The highest BCUT2D eigenvalue weighted by molar-refractivity contribution is 7.99. The molecule has 2 aromatic carbocycles. The van der Waals surface area contributed by atoms with E-state index in [9.17, 15) is 22.8 Å². The zero-order valence-electron chi connectivity index (χ0n) is 17.3. The van der Waals surface area contributed by atoms with Gasteiger partial charge in [0.1, 0.15) is 0 Å². The van der Waals surface area contributed by atoms with Crippen molar-refractivity contribution in [3.8, 4) is 0 Å². The molecule has 7 nitrogen and oxygen atoms in total. The number of carbonyl (C=O) groups is 2. The molecule has 12 heteroatoms. The monoisotopic (exact) mass is 497 g/mol. The fraction of sp³-hybridized carbons (Fsp3) is 0.238. The van der Waals surface area contributed by atoms with Crippen LogP contribution in [0.2, 0.25) is 5.02 Å². The average molecular weight is 498 g/mol. The molecule has 0 fully saturated rings. The largest absolute Gasteiger partial charge is 0.416 e. The molecule has 0 unspecified atom stereocenters. The molecule has 33 heavy (non-hydrogen) atoms. The summed E-state index contributed by atoms with van der Waals surface area (Å²) in [5, 5.41) is 13.7. The van der Waals surface area contributed by atoms with Crippen LogP contribution in [0.4, 0.5) is 18.9 Å². The van der Waals surface area contributed by atoms with Gasteiger partial charge in [0, 0.05) is 12.1 Å². The van der Waals surface area contributed by atoms with Crippen molar-refractivity contribution in [2.24, 2.45) is 0 Å². The molecule has 0 atom stereocenters. The maximum absolute atomic E-state index is 12.9. The summed E-state index contributed by atoms with van der Waals surface area (Å²) in [5.74, 6) is -0.426. The first-order valence-corrected chi connectivity index (χ1v) is 11.1. The second-order valence-electron chi connectivity index (χ2n) is 6.72. The Kier molecular flexibility index (Phi) is 7.98. The summed E-state index contributed by atoms with van der Waals surface area (Å²) in [6, 6.07) is 11.4. The van der Waals surface area contributed by atoms with Crippen LogP contribution in [0.1, 0.15) is 28.7 Å². The van der Waals surface area contributed by atoms with Crippen molar-refractivity contribution in [3.63, 3.8) is 0 Å². The van der Waals surface area contributed by atoms with Crippen LogP contribution in [0.5, 0.6) is 0 Å². The maximum atomic E-state index is 12.9. The molecule has 174 valence electrons. The third-order valence-electron chi connectivity index (χ3n) is 4.45. The van der Waals surface area contributed by atoms with Gasteiger partial charge in [-0.15, -0.1) is 10.2 Å². The Morgan fingerprint density at radius 2 is 1.85 bits per heavy atom. The van der Waals surface area contributed by atoms with E-state index in [0.717, 1.165) is 30.0 Å². The number of hydrogen-bond acceptors (Lipinski definition) is 5. The van der Waals surface area contributed by atoms with Crippen LogP contribution in [0.25, 0.3) is 0 Å². The standard InChI is InChI=1S/C21H19ClF3N5O2S/c1-2-30-17(11-26-19(32)13-6-4-3-5-7-13)28-29-20(30)33-12-18(31)27-16-10-14(21(23,24)25)8-9-15(16)22/h3-10H,2,11-12H2,1H3,(H,26,32)(H,27,31). The maximum Gasteiger partial charge on any atom is 0.416 e. The van der Waals surface area contributed by atoms with E-state index in [4.69, 9.17) is 11.6 Å². The van der Waals surface area contributed by atoms with Gasteiger partial charge in [-0.2, -0.15) is 13.2 Å². The quantitative estimate of drug-likeness (QED) is 0.443. The van der Waals surface area contributed by atoms with Crippen molar-refractivity contribution in [3.05, 3.63) is 70.5 Å². The van der Waals surface area contributed by atoms with Crippen LogP contribution < -0.4 is 10.6 Å². The predicted octanol–water partition coefficient (Wildman–Crippen LogP) is 4.63. The number of anilines is 1. The highest BCUT2D eigenvalue weighted by atomic mass is 35.5. The molecule has 0 aliphatic carbocycles.